The summed E-state index contributed by atoms with van der Waals surface area (Å²) in [5.41, 5.74) is 3.63. The Morgan fingerprint density at radius 3 is 2.57 bits per heavy atom. The minimum Gasteiger partial charge on any atom is -0.0961 e. The van der Waals surface area contributed by atoms with E-state index in [2.05, 4.69) is 43.8 Å². The summed E-state index contributed by atoms with van der Waals surface area (Å²) >= 11 is 0. The maximum Gasteiger partial charge on any atom is -0.0227 e. The Morgan fingerprint density at radius 2 is 1.93 bits per heavy atom. The molecule has 0 spiro atoms. The molecule has 0 bridgehead atoms. The molecule has 14 heavy (non-hydrogen) atoms. The molecule has 1 rings (SSSR count). The molecular weight excluding hydrogens is 168 g/mol. The second kappa shape index (κ2) is 5.23. The molecule has 0 nitrogen and oxygen atoms in total. The average Bonchev–Trinajstić information content (AvgIpc) is 2.15. The predicted octanol–water partition coefficient (Wildman–Crippen LogP) is 4.14. The zero-order valence-corrected chi connectivity index (χ0v) is 8.83. The SMILES string of the molecule is C=C(C)/C=C\C=C/c1ccccc1C. The van der Waals surface area contributed by atoms with Crippen LogP contribution in [0.25, 0.3) is 6.08 Å². The molecule has 0 saturated heterocycles. The van der Waals surface area contributed by atoms with E-state index in [0.29, 0.717) is 0 Å². The van der Waals surface area contributed by atoms with Crippen LogP contribution < -0.4 is 0 Å². The zero-order valence-electron chi connectivity index (χ0n) is 8.83. The first-order valence-electron chi connectivity index (χ1n) is 4.76. The fourth-order valence-electron chi connectivity index (χ4n) is 1.15. The molecule has 0 radical (unpaired) electrons. The predicted molar refractivity (Wildman–Crippen MR) is 64.2 cm³/mol. The van der Waals surface area contributed by atoms with Gasteiger partial charge in [0, 0.05) is 0 Å². The van der Waals surface area contributed by atoms with Gasteiger partial charge in [-0.2, -0.15) is 0 Å². The highest BCUT2D eigenvalue weighted by Gasteiger charge is 1.88. The zero-order chi connectivity index (χ0) is 10.4. The van der Waals surface area contributed by atoms with Gasteiger partial charge in [-0.3, -0.25) is 0 Å². The van der Waals surface area contributed by atoms with E-state index >= 15 is 0 Å². The average molecular weight is 184 g/mol. The molecule has 0 fully saturated rings. The van der Waals surface area contributed by atoms with Crippen molar-refractivity contribution in [3.63, 3.8) is 0 Å². The fraction of sp³-hybridized carbons (Fsp3) is 0.143. The smallest absolute Gasteiger partial charge is 0.0227 e. The van der Waals surface area contributed by atoms with Gasteiger partial charge in [-0.25, -0.2) is 0 Å². The summed E-state index contributed by atoms with van der Waals surface area (Å²) in [6, 6.07) is 8.33. The van der Waals surface area contributed by atoms with E-state index in [1.54, 1.807) is 0 Å². The molecule has 0 aliphatic rings. The van der Waals surface area contributed by atoms with E-state index in [0.717, 1.165) is 5.57 Å². The Hall–Kier alpha value is -1.56. The van der Waals surface area contributed by atoms with Crippen molar-refractivity contribution in [3.8, 4) is 0 Å². The quantitative estimate of drug-likeness (QED) is 0.619. The van der Waals surface area contributed by atoms with Crippen LogP contribution in [0.15, 0.2) is 54.6 Å². The maximum atomic E-state index is 3.80. The van der Waals surface area contributed by atoms with E-state index in [4.69, 9.17) is 0 Å². The van der Waals surface area contributed by atoms with Crippen LogP contribution in [0, 0.1) is 6.92 Å². The van der Waals surface area contributed by atoms with Crippen LogP contribution >= 0.6 is 0 Å². The van der Waals surface area contributed by atoms with Gasteiger partial charge in [0.2, 0.25) is 0 Å². The van der Waals surface area contributed by atoms with Crippen LogP contribution in [0.2, 0.25) is 0 Å². The lowest BCUT2D eigenvalue weighted by molar-refractivity contribution is 1.44. The van der Waals surface area contributed by atoms with Crippen molar-refractivity contribution in [1.29, 1.82) is 0 Å². The Labute approximate surface area is 86.3 Å². The molecule has 0 aromatic heterocycles. The molecule has 0 heterocycles. The molecular formula is C14H16. The lowest BCUT2D eigenvalue weighted by Gasteiger charge is -1.96. The van der Waals surface area contributed by atoms with Crippen LogP contribution in [-0.4, -0.2) is 0 Å². The van der Waals surface area contributed by atoms with Gasteiger partial charge >= 0.3 is 0 Å². The van der Waals surface area contributed by atoms with Gasteiger partial charge in [0.05, 0.1) is 0 Å². The Bertz CT molecular complexity index is 367. The van der Waals surface area contributed by atoms with E-state index in [9.17, 15) is 0 Å². The van der Waals surface area contributed by atoms with E-state index < -0.39 is 0 Å². The van der Waals surface area contributed by atoms with Gasteiger partial charge < -0.3 is 0 Å². The molecule has 0 unspecified atom stereocenters. The van der Waals surface area contributed by atoms with Gasteiger partial charge in [0.25, 0.3) is 0 Å². The minimum atomic E-state index is 1.07. The van der Waals surface area contributed by atoms with Crippen molar-refractivity contribution < 1.29 is 0 Å². The molecule has 0 saturated carbocycles. The lowest BCUT2D eigenvalue weighted by atomic mass is 10.1. The van der Waals surface area contributed by atoms with Gasteiger partial charge in [-0.1, -0.05) is 60.7 Å². The van der Waals surface area contributed by atoms with Crippen molar-refractivity contribution in [3.05, 3.63) is 65.8 Å². The third-order valence-corrected chi connectivity index (χ3v) is 1.96. The summed E-state index contributed by atoms with van der Waals surface area (Å²) in [6.45, 7) is 7.89. The van der Waals surface area contributed by atoms with Crippen molar-refractivity contribution in [1.82, 2.24) is 0 Å². The molecule has 0 amide bonds. The standard InChI is InChI=1S/C14H16/c1-12(2)8-4-6-10-14-11-7-5-9-13(14)3/h4-11H,1H2,2-3H3/b8-4-,10-6-. The Kier molecular flexibility index (Phi) is 3.93. The molecule has 0 atom stereocenters. The lowest BCUT2D eigenvalue weighted by Crippen LogP contribution is -1.76. The summed E-state index contributed by atoms with van der Waals surface area (Å²) in [5.74, 6) is 0. The molecule has 0 aliphatic heterocycles. The van der Waals surface area contributed by atoms with E-state index in [-0.39, 0.29) is 0 Å². The van der Waals surface area contributed by atoms with Crippen LogP contribution in [0.3, 0.4) is 0 Å². The van der Waals surface area contributed by atoms with E-state index in [1.165, 1.54) is 11.1 Å². The van der Waals surface area contributed by atoms with Crippen LogP contribution in [0.4, 0.5) is 0 Å². The van der Waals surface area contributed by atoms with Crippen LogP contribution in [-0.2, 0) is 0 Å². The normalized spacial score (nSPS) is 11.3. The molecule has 72 valence electrons. The summed E-state index contributed by atoms with van der Waals surface area (Å²) in [6.07, 6.45) is 8.15. The fourth-order valence-corrected chi connectivity index (χ4v) is 1.15. The Balaban J connectivity index is 2.69. The van der Waals surface area contributed by atoms with Crippen LogP contribution in [0.1, 0.15) is 18.1 Å². The van der Waals surface area contributed by atoms with Crippen molar-refractivity contribution >= 4 is 6.08 Å². The largest absolute Gasteiger partial charge is 0.0961 e. The highest BCUT2D eigenvalue weighted by Crippen LogP contribution is 2.08. The molecule has 1 aromatic rings. The third kappa shape index (κ3) is 3.44. The maximum absolute atomic E-state index is 3.80. The topological polar surface area (TPSA) is 0 Å². The van der Waals surface area contributed by atoms with Crippen molar-refractivity contribution in [2.45, 2.75) is 13.8 Å². The van der Waals surface area contributed by atoms with Crippen molar-refractivity contribution in [2.24, 2.45) is 0 Å². The highest BCUT2D eigenvalue weighted by atomic mass is 13.9. The van der Waals surface area contributed by atoms with Gasteiger partial charge in [-0.05, 0) is 25.0 Å². The second-order valence-electron chi connectivity index (χ2n) is 3.42. The highest BCUT2D eigenvalue weighted by molar-refractivity contribution is 5.54. The number of aryl methyl sites for hydroxylation is 1. The van der Waals surface area contributed by atoms with E-state index in [1.807, 2.05) is 25.2 Å². The van der Waals surface area contributed by atoms with Crippen LogP contribution in [0.5, 0.6) is 0 Å². The summed E-state index contributed by atoms with van der Waals surface area (Å²) in [7, 11) is 0. The third-order valence-electron chi connectivity index (χ3n) is 1.96. The second-order valence-corrected chi connectivity index (χ2v) is 3.42. The minimum absolute atomic E-state index is 1.07. The first-order chi connectivity index (χ1) is 6.70. The summed E-state index contributed by atoms with van der Waals surface area (Å²) in [4.78, 5) is 0. The first kappa shape index (κ1) is 10.5. The first-order valence-corrected chi connectivity index (χ1v) is 4.76. The van der Waals surface area contributed by atoms with Gasteiger partial charge in [0.1, 0.15) is 0 Å². The van der Waals surface area contributed by atoms with Gasteiger partial charge in [-0.15, -0.1) is 0 Å². The number of hydrogen-bond donors (Lipinski definition) is 0. The molecule has 1 aromatic carbocycles. The number of allylic oxidation sites excluding steroid dienone is 4. The van der Waals surface area contributed by atoms with Gasteiger partial charge in [0.15, 0.2) is 0 Å². The molecule has 0 heteroatoms. The summed E-state index contributed by atoms with van der Waals surface area (Å²) < 4.78 is 0. The number of hydrogen-bond acceptors (Lipinski definition) is 0. The monoisotopic (exact) mass is 184 g/mol. The summed E-state index contributed by atoms with van der Waals surface area (Å²) in [5, 5.41) is 0. The number of rotatable bonds is 3. The molecule has 0 aliphatic carbocycles. The molecule has 0 N–H and O–H groups in total. The Morgan fingerprint density at radius 1 is 1.21 bits per heavy atom. The van der Waals surface area contributed by atoms with Crippen molar-refractivity contribution in [2.75, 3.05) is 0 Å². The number of benzene rings is 1.